The van der Waals surface area contributed by atoms with Crippen LogP contribution < -0.4 is 14.8 Å². The summed E-state index contributed by atoms with van der Waals surface area (Å²) >= 11 is 0. The fourth-order valence-corrected chi connectivity index (χ4v) is 2.66. The molecule has 0 aliphatic carbocycles. The lowest BCUT2D eigenvalue weighted by atomic mass is 10.2. The second-order valence-corrected chi connectivity index (χ2v) is 7.16. The standard InChI is InChI=1S/C18H20N2O4S/c1-3-25(22,23)20-16-11-10-15(13-17(16)24-2)19-18(21)12-9-14-7-5-4-6-8-14/h4-13,20H,3H2,1-2H3,(H,19,21)/b12-9+. The molecule has 2 N–H and O–H groups in total. The lowest BCUT2D eigenvalue weighted by Crippen LogP contribution is -2.15. The third kappa shape index (κ3) is 5.65. The van der Waals surface area contributed by atoms with Gasteiger partial charge in [0.15, 0.2) is 0 Å². The molecular formula is C18H20N2O4S. The van der Waals surface area contributed by atoms with Crippen LogP contribution in [0.3, 0.4) is 0 Å². The maximum absolute atomic E-state index is 12.0. The zero-order chi connectivity index (χ0) is 18.3. The van der Waals surface area contributed by atoms with Crippen molar-refractivity contribution >= 4 is 33.4 Å². The highest BCUT2D eigenvalue weighted by Crippen LogP contribution is 2.28. The molecule has 1 amide bonds. The number of ether oxygens (including phenoxy) is 1. The fourth-order valence-electron chi connectivity index (χ4n) is 2.01. The van der Waals surface area contributed by atoms with Gasteiger partial charge in [-0.1, -0.05) is 30.3 Å². The van der Waals surface area contributed by atoms with Gasteiger partial charge in [-0.25, -0.2) is 8.42 Å². The lowest BCUT2D eigenvalue weighted by molar-refractivity contribution is -0.111. The Balaban J connectivity index is 2.10. The van der Waals surface area contributed by atoms with Gasteiger partial charge in [-0.3, -0.25) is 9.52 Å². The minimum Gasteiger partial charge on any atom is -0.494 e. The van der Waals surface area contributed by atoms with E-state index in [0.29, 0.717) is 17.1 Å². The number of rotatable bonds is 7. The van der Waals surface area contributed by atoms with E-state index in [1.165, 1.54) is 13.2 Å². The number of hydrogen-bond donors (Lipinski definition) is 2. The number of hydrogen-bond acceptors (Lipinski definition) is 4. The van der Waals surface area contributed by atoms with E-state index in [-0.39, 0.29) is 11.7 Å². The van der Waals surface area contributed by atoms with Crippen LogP contribution in [0.5, 0.6) is 5.75 Å². The molecule has 0 saturated heterocycles. The van der Waals surface area contributed by atoms with Gasteiger partial charge in [0.25, 0.3) is 0 Å². The van der Waals surface area contributed by atoms with Gasteiger partial charge in [0, 0.05) is 17.8 Å². The summed E-state index contributed by atoms with van der Waals surface area (Å²) in [6, 6.07) is 14.2. The number of anilines is 2. The van der Waals surface area contributed by atoms with Gasteiger partial charge in [0.2, 0.25) is 15.9 Å². The smallest absolute Gasteiger partial charge is 0.248 e. The normalized spacial score (nSPS) is 11.3. The van der Waals surface area contributed by atoms with Crippen LogP contribution in [0.2, 0.25) is 0 Å². The quantitative estimate of drug-likeness (QED) is 0.743. The molecule has 0 fully saturated rings. The van der Waals surface area contributed by atoms with E-state index in [1.807, 2.05) is 30.3 Å². The highest BCUT2D eigenvalue weighted by molar-refractivity contribution is 7.92. The molecule has 0 heterocycles. The highest BCUT2D eigenvalue weighted by Gasteiger charge is 2.12. The Labute approximate surface area is 147 Å². The fraction of sp³-hybridized carbons (Fsp3) is 0.167. The Bertz CT molecular complexity index is 862. The van der Waals surface area contributed by atoms with Crippen LogP contribution in [-0.4, -0.2) is 27.2 Å². The number of amides is 1. The third-order valence-corrected chi connectivity index (χ3v) is 4.63. The molecule has 0 spiro atoms. The molecule has 0 aliphatic heterocycles. The van der Waals surface area contributed by atoms with Gasteiger partial charge in [-0.2, -0.15) is 0 Å². The average Bonchev–Trinajstić information content (AvgIpc) is 2.62. The molecule has 0 radical (unpaired) electrons. The maximum atomic E-state index is 12.0. The van der Waals surface area contributed by atoms with Gasteiger partial charge < -0.3 is 10.1 Å². The first kappa shape index (κ1) is 18.5. The van der Waals surface area contributed by atoms with Gasteiger partial charge >= 0.3 is 0 Å². The summed E-state index contributed by atoms with van der Waals surface area (Å²) in [5.41, 5.74) is 1.74. The number of nitrogens with one attached hydrogen (secondary N) is 2. The summed E-state index contributed by atoms with van der Waals surface area (Å²) in [5.74, 6) is -0.0199. The molecule has 132 valence electrons. The minimum absolute atomic E-state index is 0.0427. The second-order valence-electron chi connectivity index (χ2n) is 5.15. The van der Waals surface area contributed by atoms with E-state index >= 15 is 0 Å². The van der Waals surface area contributed by atoms with Gasteiger partial charge in [-0.05, 0) is 30.7 Å². The summed E-state index contributed by atoms with van der Waals surface area (Å²) in [7, 11) is -1.98. The van der Waals surface area contributed by atoms with Crippen molar-refractivity contribution in [2.75, 3.05) is 22.9 Å². The highest BCUT2D eigenvalue weighted by atomic mass is 32.2. The van der Waals surface area contributed by atoms with Gasteiger partial charge in [-0.15, -0.1) is 0 Å². The number of carbonyl (C=O) groups is 1. The monoisotopic (exact) mass is 360 g/mol. The van der Waals surface area contributed by atoms with Crippen molar-refractivity contribution in [2.24, 2.45) is 0 Å². The van der Waals surface area contributed by atoms with Crippen molar-refractivity contribution in [3.8, 4) is 5.75 Å². The molecule has 0 bridgehead atoms. The molecule has 0 atom stereocenters. The zero-order valence-corrected chi connectivity index (χ0v) is 14.8. The van der Waals surface area contributed by atoms with Crippen LogP contribution in [0.4, 0.5) is 11.4 Å². The van der Waals surface area contributed by atoms with Crippen molar-refractivity contribution < 1.29 is 17.9 Å². The Morgan fingerprint density at radius 1 is 1.16 bits per heavy atom. The summed E-state index contributed by atoms with van der Waals surface area (Å²) in [6.07, 6.45) is 3.13. The number of carbonyl (C=O) groups excluding carboxylic acids is 1. The van der Waals surface area contributed by atoms with Crippen molar-refractivity contribution in [3.05, 3.63) is 60.2 Å². The molecular weight excluding hydrogens is 340 g/mol. The molecule has 0 saturated carbocycles. The molecule has 7 heteroatoms. The van der Waals surface area contributed by atoms with Crippen molar-refractivity contribution in [2.45, 2.75) is 6.92 Å². The van der Waals surface area contributed by atoms with Crippen molar-refractivity contribution in [3.63, 3.8) is 0 Å². The SMILES string of the molecule is CCS(=O)(=O)Nc1ccc(NC(=O)/C=C/c2ccccc2)cc1OC. The minimum atomic E-state index is -3.41. The Morgan fingerprint density at radius 3 is 2.52 bits per heavy atom. The zero-order valence-electron chi connectivity index (χ0n) is 14.0. The molecule has 2 rings (SSSR count). The first-order valence-corrected chi connectivity index (χ1v) is 9.31. The van der Waals surface area contributed by atoms with Crippen LogP contribution >= 0.6 is 0 Å². The summed E-state index contributed by atoms with van der Waals surface area (Å²) in [4.78, 5) is 12.0. The lowest BCUT2D eigenvalue weighted by Gasteiger charge is -2.12. The van der Waals surface area contributed by atoms with Gasteiger partial charge in [0.1, 0.15) is 5.75 Å². The van der Waals surface area contributed by atoms with Crippen molar-refractivity contribution in [1.82, 2.24) is 0 Å². The Kier molecular flexibility index (Phi) is 6.19. The van der Waals surface area contributed by atoms with Crippen LogP contribution in [0.15, 0.2) is 54.6 Å². The van der Waals surface area contributed by atoms with E-state index in [4.69, 9.17) is 4.74 Å². The topological polar surface area (TPSA) is 84.5 Å². The Hall–Kier alpha value is -2.80. The van der Waals surface area contributed by atoms with E-state index in [2.05, 4.69) is 10.0 Å². The van der Waals surface area contributed by atoms with Crippen LogP contribution in [-0.2, 0) is 14.8 Å². The molecule has 0 aliphatic rings. The average molecular weight is 360 g/mol. The number of sulfonamides is 1. The largest absolute Gasteiger partial charge is 0.494 e. The molecule has 6 nitrogen and oxygen atoms in total. The number of benzene rings is 2. The molecule has 0 aromatic heterocycles. The maximum Gasteiger partial charge on any atom is 0.248 e. The predicted octanol–water partition coefficient (Wildman–Crippen LogP) is 3.11. The second kappa shape index (κ2) is 8.34. The van der Waals surface area contributed by atoms with Gasteiger partial charge in [0.05, 0.1) is 18.6 Å². The van der Waals surface area contributed by atoms with E-state index in [1.54, 1.807) is 31.2 Å². The third-order valence-electron chi connectivity index (χ3n) is 3.34. The molecule has 2 aromatic rings. The van der Waals surface area contributed by atoms with E-state index in [9.17, 15) is 13.2 Å². The van der Waals surface area contributed by atoms with Crippen LogP contribution in [0.25, 0.3) is 6.08 Å². The summed E-state index contributed by atoms with van der Waals surface area (Å²) in [5, 5.41) is 2.71. The summed E-state index contributed by atoms with van der Waals surface area (Å²) in [6.45, 7) is 1.54. The molecule has 25 heavy (non-hydrogen) atoms. The van der Waals surface area contributed by atoms with Crippen LogP contribution in [0.1, 0.15) is 12.5 Å². The van der Waals surface area contributed by atoms with E-state index in [0.717, 1.165) is 5.56 Å². The first-order valence-electron chi connectivity index (χ1n) is 7.66. The first-order chi connectivity index (χ1) is 11.9. The molecule has 0 unspecified atom stereocenters. The predicted molar refractivity (Wildman–Crippen MR) is 100 cm³/mol. The summed E-state index contributed by atoms with van der Waals surface area (Å²) < 4.78 is 31.0. The number of methoxy groups -OCH3 is 1. The van der Waals surface area contributed by atoms with Crippen LogP contribution in [0, 0.1) is 0 Å². The van der Waals surface area contributed by atoms with Crippen molar-refractivity contribution in [1.29, 1.82) is 0 Å². The Morgan fingerprint density at radius 2 is 1.88 bits per heavy atom. The van der Waals surface area contributed by atoms with E-state index < -0.39 is 10.0 Å². The molecule has 2 aromatic carbocycles.